The number of hydrogen-bond donors (Lipinski definition) is 0. The molecule has 2 rings (SSSR count). The van der Waals surface area contributed by atoms with Crippen molar-refractivity contribution in [3.05, 3.63) is 0 Å². The van der Waals surface area contributed by atoms with Crippen LogP contribution in [0.5, 0.6) is 0 Å². The molecule has 0 aromatic carbocycles. The Kier molecular flexibility index (Phi) is 4.54. The highest BCUT2D eigenvalue weighted by molar-refractivity contribution is 4.90. The lowest BCUT2D eigenvalue weighted by Gasteiger charge is -2.48. The maximum absolute atomic E-state index is 12.3. The number of alkyl halides is 3. The van der Waals surface area contributed by atoms with Crippen LogP contribution in [-0.4, -0.2) is 54.2 Å². The van der Waals surface area contributed by atoms with Crippen LogP contribution in [0.1, 0.15) is 39.0 Å². The second-order valence-electron chi connectivity index (χ2n) is 5.57. The Labute approximate surface area is 107 Å². The molecule has 2 saturated heterocycles. The third-order valence-electron chi connectivity index (χ3n) is 4.31. The quantitative estimate of drug-likeness (QED) is 0.773. The molecule has 2 heterocycles. The molecule has 18 heavy (non-hydrogen) atoms. The second kappa shape index (κ2) is 5.78. The van der Waals surface area contributed by atoms with Gasteiger partial charge in [-0.3, -0.25) is 9.80 Å². The molecule has 2 nitrogen and oxygen atoms in total. The Morgan fingerprint density at radius 1 is 1.17 bits per heavy atom. The minimum atomic E-state index is -4.03. The Bertz CT molecular complexity index is 267. The van der Waals surface area contributed by atoms with Crippen LogP contribution in [0.4, 0.5) is 13.2 Å². The fourth-order valence-corrected chi connectivity index (χ4v) is 3.24. The van der Waals surface area contributed by atoms with Crippen LogP contribution >= 0.6 is 0 Å². The highest BCUT2D eigenvalue weighted by Crippen LogP contribution is 2.27. The molecule has 2 unspecified atom stereocenters. The van der Waals surface area contributed by atoms with Crippen molar-refractivity contribution in [1.29, 1.82) is 0 Å². The molecular formula is C13H23F3N2. The van der Waals surface area contributed by atoms with Crippen LogP contribution in [-0.2, 0) is 0 Å². The van der Waals surface area contributed by atoms with E-state index in [1.165, 1.54) is 12.8 Å². The molecule has 2 aliphatic heterocycles. The van der Waals surface area contributed by atoms with Crippen LogP contribution < -0.4 is 0 Å². The van der Waals surface area contributed by atoms with E-state index in [2.05, 4.69) is 16.7 Å². The zero-order valence-electron chi connectivity index (χ0n) is 11.0. The van der Waals surface area contributed by atoms with Gasteiger partial charge in [-0.1, -0.05) is 13.3 Å². The van der Waals surface area contributed by atoms with Gasteiger partial charge < -0.3 is 0 Å². The summed E-state index contributed by atoms with van der Waals surface area (Å²) in [7, 11) is 0. The molecule has 2 fully saturated rings. The minimum absolute atomic E-state index is 0.173. The molecule has 0 aliphatic carbocycles. The average Bonchev–Trinajstić information content (AvgIpc) is 2.34. The topological polar surface area (TPSA) is 6.48 Å². The first-order valence-corrected chi connectivity index (χ1v) is 7.04. The van der Waals surface area contributed by atoms with Gasteiger partial charge in [-0.25, -0.2) is 0 Å². The summed E-state index contributed by atoms with van der Waals surface area (Å²) < 4.78 is 37.0. The van der Waals surface area contributed by atoms with E-state index in [1.807, 2.05) is 0 Å². The monoisotopic (exact) mass is 264 g/mol. The van der Waals surface area contributed by atoms with Crippen molar-refractivity contribution < 1.29 is 13.2 Å². The Morgan fingerprint density at radius 2 is 1.94 bits per heavy atom. The first kappa shape index (κ1) is 14.1. The van der Waals surface area contributed by atoms with Gasteiger partial charge in [0.25, 0.3) is 0 Å². The fourth-order valence-electron chi connectivity index (χ4n) is 3.24. The van der Waals surface area contributed by atoms with E-state index in [0.717, 1.165) is 32.5 Å². The fraction of sp³-hybridized carbons (Fsp3) is 1.00. The van der Waals surface area contributed by atoms with E-state index < -0.39 is 12.6 Å². The van der Waals surface area contributed by atoms with Gasteiger partial charge in [0, 0.05) is 31.7 Å². The molecule has 0 N–H and O–H groups in total. The van der Waals surface area contributed by atoms with E-state index in [4.69, 9.17) is 0 Å². The number of piperazine rings is 1. The summed E-state index contributed by atoms with van der Waals surface area (Å²) in [5, 5.41) is 0. The lowest BCUT2D eigenvalue weighted by molar-refractivity contribution is -0.142. The Morgan fingerprint density at radius 3 is 2.61 bits per heavy atom. The maximum Gasteiger partial charge on any atom is 0.390 e. The number of nitrogens with zero attached hydrogens (tertiary/aromatic N) is 2. The molecule has 106 valence electrons. The molecule has 0 saturated carbocycles. The van der Waals surface area contributed by atoms with E-state index >= 15 is 0 Å². The average molecular weight is 264 g/mol. The number of fused-ring (bicyclic) bond motifs is 1. The summed E-state index contributed by atoms with van der Waals surface area (Å²) >= 11 is 0. The second-order valence-corrected chi connectivity index (χ2v) is 5.57. The first-order chi connectivity index (χ1) is 8.49. The van der Waals surface area contributed by atoms with Crippen molar-refractivity contribution in [3.63, 3.8) is 0 Å². The minimum Gasteiger partial charge on any atom is -0.298 e. The predicted molar refractivity (Wildman–Crippen MR) is 65.5 cm³/mol. The number of rotatable bonds is 3. The highest BCUT2D eigenvalue weighted by Gasteiger charge is 2.36. The summed E-state index contributed by atoms with van der Waals surface area (Å²) in [6, 6.07) is 0.802. The summed E-state index contributed by atoms with van der Waals surface area (Å²) in [6.45, 7) is 5.17. The summed E-state index contributed by atoms with van der Waals surface area (Å²) in [6.07, 6.45) is -0.126. The predicted octanol–water partition coefficient (Wildman–Crippen LogP) is 2.89. The third-order valence-corrected chi connectivity index (χ3v) is 4.31. The van der Waals surface area contributed by atoms with Crippen LogP contribution in [0.3, 0.4) is 0 Å². The molecule has 0 radical (unpaired) electrons. The molecule has 0 aromatic rings. The zero-order chi connectivity index (χ0) is 13.2. The van der Waals surface area contributed by atoms with E-state index in [-0.39, 0.29) is 6.54 Å². The van der Waals surface area contributed by atoms with Gasteiger partial charge in [0.1, 0.15) is 0 Å². The number of hydrogen-bond acceptors (Lipinski definition) is 2. The van der Waals surface area contributed by atoms with Crippen LogP contribution in [0.15, 0.2) is 0 Å². The molecule has 0 amide bonds. The SMILES string of the molecule is CCC1CN2CCCCC2CN1CCC(F)(F)F. The van der Waals surface area contributed by atoms with E-state index in [0.29, 0.717) is 12.1 Å². The summed E-state index contributed by atoms with van der Waals surface area (Å²) in [5.74, 6) is 0. The molecule has 0 spiro atoms. The normalized spacial score (nSPS) is 31.3. The van der Waals surface area contributed by atoms with E-state index in [1.54, 1.807) is 0 Å². The first-order valence-electron chi connectivity index (χ1n) is 7.04. The molecular weight excluding hydrogens is 241 g/mol. The number of piperidine rings is 1. The standard InChI is InChI=1S/C13H23F3N2/c1-2-11-9-17-7-4-3-5-12(17)10-18(11)8-6-13(14,15)16/h11-12H,2-10H2,1H3. The molecule has 0 aromatic heterocycles. The molecule has 2 aliphatic rings. The number of halogens is 3. The van der Waals surface area contributed by atoms with Gasteiger partial charge in [-0.05, 0) is 25.8 Å². The lowest BCUT2D eigenvalue weighted by atomic mass is 9.95. The van der Waals surface area contributed by atoms with Gasteiger partial charge >= 0.3 is 6.18 Å². The molecule has 0 bridgehead atoms. The van der Waals surface area contributed by atoms with Gasteiger partial charge in [-0.2, -0.15) is 13.2 Å². The van der Waals surface area contributed by atoms with Crippen LogP contribution in [0.2, 0.25) is 0 Å². The van der Waals surface area contributed by atoms with E-state index in [9.17, 15) is 13.2 Å². The largest absolute Gasteiger partial charge is 0.390 e. The van der Waals surface area contributed by atoms with Crippen LogP contribution in [0.25, 0.3) is 0 Å². The molecule has 2 atom stereocenters. The molecule has 5 heteroatoms. The lowest BCUT2D eigenvalue weighted by Crippen LogP contribution is -2.59. The summed E-state index contributed by atoms with van der Waals surface area (Å²) in [5.41, 5.74) is 0. The highest BCUT2D eigenvalue weighted by atomic mass is 19.4. The summed E-state index contributed by atoms with van der Waals surface area (Å²) in [4.78, 5) is 4.56. The van der Waals surface area contributed by atoms with Gasteiger partial charge in [0.05, 0.1) is 6.42 Å². The van der Waals surface area contributed by atoms with Crippen molar-refractivity contribution in [2.75, 3.05) is 26.2 Å². The van der Waals surface area contributed by atoms with Crippen molar-refractivity contribution in [3.8, 4) is 0 Å². The van der Waals surface area contributed by atoms with Gasteiger partial charge in [0.2, 0.25) is 0 Å². The van der Waals surface area contributed by atoms with Crippen molar-refractivity contribution >= 4 is 0 Å². The zero-order valence-corrected chi connectivity index (χ0v) is 11.0. The van der Waals surface area contributed by atoms with Crippen molar-refractivity contribution in [1.82, 2.24) is 9.80 Å². The van der Waals surface area contributed by atoms with Crippen LogP contribution in [0, 0.1) is 0 Å². The van der Waals surface area contributed by atoms with Gasteiger partial charge in [-0.15, -0.1) is 0 Å². The Balaban J connectivity index is 1.91. The third kappa shape index (κ3) is 3.60. The van der Waals surface area contributed by atoms with Crippen molar-refractivity contribution in [2.45, 2.75) is 57.3 Å². The smallest absolute Gasteiger partial charge is 0.298 e. The van der Waals surface area contributed by atoms with Crippen molar-refractivity contribution in [2.24, 2.45) is 0 Å². The Hall–Kier alpha value is -0.290. The van der Waals surface area contributed by atoms with Gasteiger partial charge in [0.15, 0.2) is 0 Å². The maximum atomic E-state index is 12.3.